The maximum absolute atomic E-state index is 12.4. The highest BCUT2D eigenvalue weighted by Gasteiger charge is 2.16. The summed E-state index contributed by atoms with van der Waals surface area (Å²) < 4.78 is 9.88. The van der Waals surface area contributed by atoms with Crippen molar-refractivity contribution in [2.24, 2.45) is 5.73 Å². The number of hydrogen-bond donors (Lipinski definition) is 4. The van der Waals surface area contributed by atoms with Crippen molar-refractivity contribution in [2.75, 3.05) is 27.3 Å². The van der Waals surface area contributed by atoms with Crippen molar-refractivity contribution in [3.63, 3.8) is 0 Å². The van der Waals surface area contributed by atoms with Crippen LogP contribution in [0.4, 0.5) is 0 Å². The minimum Gasteiger partial charge on any atom is -0.504 e. The molecule has 3 aromatic rings. The number of methoxy groups -OCH3 is 2. The van der Waals surface area contributed by atoms with Crippen LogP contribution in [0.5, 0.6) is 23.0 Å². The van der Waals surface area contributed by atoms with Gasteiger partial charge in [0.15, 0.2) is 23.0 Å². The van der Waals surface area contributed by atoms with Gasteiger partial charge in [0, 0.05) is 11.6 Å². The lowest BCUT2D eigenvalue weighted by atomic mass is 10.1. The van der Waals surface area contributed by atoms with E-state index in [2.05, 4.69) is 5.32 Å². The van der Waals surface area contributed by atoms with Crippen LogP contribution in [0.15, 0.2) is 65.2 Å². The molecule has 3 rings (SSSR count). The molecule has 0 saturated heterocycles. The third kappa shape index (κ3) is 9.37. The fourth-order valence-electron chi connectivity index (χ4n) is 3.27. The van der Waals surface area contributed by atoms with Crippen LogP contribution in [0.1, 0.15) is 16.7 Å². The van der Waals surface area contributed by atoms with Crippen molar-refractivity contribution in [1.82, 2.24) is 5.32 Å². The Bertz CT molecular complexity index is 1210. The zero-order valence-electron chi connectivity index (χ0n) is 20.4. The van der Waals surface area contributed by atoms with Gasteiger partial charge in [-0.05, 0) is 72.5 Å². The number of nitrogens with one attached hydrogen (secondary N) is 1. The van der Waals surface area contributed by atoms with Gasteiger partial charge in [0.2, 0.25) is 0 Å². The molecular weight excluding hydrogens is 539 g/mol. The van der Waals surface area contributed by atoms with E-state index in [0.29, 0.717) is 41.6 Å². The molecule has 0 unspecified atom stereocenters. The Labute approximate surface area is 231 Å². The number of halogens is 3. The van der Waals surface area contributed by atoms with Crippen molar-refractivity contribution in [1.29, 1.82) is 0 Å². The molecule has 3 aromatic carbocycles. The SMILES string of the molecule is COc1cc(CCN)ccc1O.COc1cc(CCNC(=O)C(=C(Cl)Cl)c2ccc(Cl)cc2)ccc1O. The summed E-state index contributed by atoms with van der Waals surface area (Å²) in [4.78, 5) is 12.4. The molecule has 0 atom stereocenters. The third-order valence-corrected chi connectivity index (χ3v) is 5.80. The molecule has 5 N–H and O–H groups in total. The molecule has 0 aliphatic rings. The molecule has 37 heavy (non-hydrogen) atoms. The number of rotatable bonds is 9. The van der Waals surface area contributed by atoms with Crippen molar-refractivity contribution in [3.8, 4) is 23.0 Å². The van der Waals surface area contributed by atoms with E-state index in [0.717, 1.165) is 17.5 Å². The molecule has 0 spiro atoms. The second kappa shape index (κ2) is 15.2. The normalized spacial score (nSPS) is 10.1. The highest BCUT2D eigenvalue weighted by molar-refractivity contribution is 6.61. The first-order valence-corrected chi connectivity index (χ1v) is 12.3. The molecule has 0 aliphatic heterocycles. The van der Waals surface area contributed by atoms with Gasteiger partial charge in [-0.15, -0.1) is 0 Å². The molecule has 0 radical (unpaired) electrons. The van der Waals surface area contributed by atoms with Gasteiger partial charge in [0.05, 0.1) is 19.8 Å². The summed E-state index contributed by atoms with van der Waals surface area (Å²) in [5.74, 6) is 0.735. The van der Waals surface area contributed by atoms with Crippen molar-refractivity contribution < 1.29 is 24.5 Å². The number of ether oxygens (including phenoxy) is 2. The molecule has 0 aromatic heterocycles. The predicted octanol–water partition coefficient (Wildman–Crippen LogP) is 5.46. The van der Waals surface area contributed by atoms with Gasteiger partial charge in [0.25, 0.3) is 5.91 Å². The van der Waals surface area contributed by atoms with Crippen LogP contribution >= 0.6 is 34.8 Å². The highest BCUT2D eigenvalue weighted by Crippen LogP contribution is 2.28. The monoisotopic (exact) mass is 566 g/mol. The molecule has 1 amide bonds. The van der Waals surface area contributed by atoms with E-state index < -0.39 is 0 Å². The van der Waals surface area contributed by atoms with Crippen LogP contribution in [-0.2, 0) is 17.6 Å². The number of phenols is 2. The molecule has 0 aliphatic carbocycles. The van der Waals surface area contributed by atoms with Crippen LogP contribution in [0.2, 0.25) is 5.02 Å². The van der Waals surface area contributed by atoms with Crippen molar-refractivity contribution in [3.05, 3.63) is 86.9 Å². The molecule has 0 saturated carbocycles. The molecule has 7 nitrogen and oxygen atoms in total. The van der Waals surface area contributed by atoms with Gasteiger partial charge in [0.1, 0.15) is 4.49 Å². The molecular formula is C27H29Cl3N2O5. The first-order valence-electron chi connectivity index (χ1n) is 11.2. The van der Waals surface area contributed by atoms with E-state index >= 15 is 0 Å². The Morgan fingerprint density at radius 2 is 1.38 bits per heavy atom. The third-order valence-electron chi connectivity index (χ3n) is 5.17. The second-order valence-electron chi connectivity index (χ2n) is 7.70. The average Bonchev–Trinajstić information content (AvgIpc) is 2.88. The van der Waals surface area contributed by atoms with Gasteiger partial charge in [-0.25, -0.2) is 0 Å². The Hall–Kier alpha value is -3.10. The lowest BCUT2D eigenvalue weighted by molar-refractivity contribution is -0.115. The molecule has 0 bridgehead atoms. The van der Waals surface area contributed by atoms with Gasteiger partial charge >= 0.3 is 0 Å². The largest absolute Gasteiger partial charge is 0.504 e. The maximum atomic E-state index is 12.4. The Morgan fingerprint density at radius 1 is 0.865 bits per heavy atom. The van der Waals surface area contributed by atoms with E-state index in [1.807, 2.05) is 6.07 Å². The van der Waals surface area contributed by atoms with Crippen LogP contribution in [0.25, 0.3) is 5.57 Å². The van der Waals surface area contributed by atoms with E-state index in [4.69, 9.17) is 50.0 Å². The van der Waals surface area contributed by atoms with Crippen LogP contribution < -0.4 is 20.5 Å². The maximum Gasteiger partial charge on any atom is 0.254 e. The summed E-state index contributed by atoms with van der Waals surface area (Å²) in [6, 6.07) is 16.9. The van der Waals surface area contributed by atoms with Gasteiger partial charge in [-0.3, -0.25) is 4.79 Å². The first kappa shape index (κ1) is 30.1. The fraction of sp³-hybridized carbons (Fsp3) is 0.222. The average molecular weight is 568 g/mol. The smallest absolute Gasteiger partial charge is 0.254 e. The number of hydrogen-bond acceptors (Lipinski definition) is 6. The van der Waals surface area contributed by atoms with Crippen LogP contribution in [0.3, 0.4) is 0 Å². The Kier molecular flexibility index (Phi) is 12.4. The van der Waals surface area contributed by atoms with Gasteiger partial charge in [-0.2, -0.15) is 0 Å². The zero-order valence-corrected chi connectivity index (χ0v) is 22.7. The first-order chi connectivity index (χ1) is 17.7. The molecule has 10 heteroatoms. The van der Waals surface area contributed by atoms with E-state index in [1.54, 1.807) is 54.6 Å². The number of phenolic OH excluding ortho intramolecular Hbond substituents is 2. The van der Waals surface area contributed by atoms with Crippen LogP contribution in [-0.4, -0.2) is 43.4 Å². The number of benzene rings is 3. The van der Waals surface area contributed by atoms with Crippen molar-refractivity contribution in [2.45, 2.75) is 12.8 Å². The fourth-order valence-corrected chi connectivity index (χ4v) is 3.79. The van der Waals surface area contributed by atoms with E-state index in [9.17, 15) is 15.0 Å². The molecule has 198 valence electrons. The summed E-state index contributed by atoms with van der Waals surface area (Å²) in [6.07, 6.45) is 1.35. The molecule has 0 fully saturated rings. The van der Waals surface area contributed by atoms with Crippen molar-refractivity contribution >= 4 is 46.3 Å². The van der Waals surface area contributed by atoms with E-state index in [1.165, 1.54) is 14.2 Å². The van der Waals surface area contributed by atoms with Gasteiger partial charge in [-0.1, -0.05) is 59.1 Å². The lowest BCUT2D eigenvalue weighted by Gasteiger charge is -2.11. The second-order valence-corrected chi connectivity index (χ2v) is 9.09. The summed E-state index contributed by atoms with van der Waals surface area (Å²) >= 11 is 17.6. The number of aromatic hydroxyl groups is 2. The summed E-state index contributed by atoms with van der Waals surface area (Å²) in [5.41, 5.74) is 8.13. The minimum absolute atomic E-state index is 0.0668. The minimum atomic E-state index is -0.381. The van der Waals surface area contributed by atoms with E-state index in [-0.39, 0.29) is 27.5 Å². The number of carbonyl (C=O) groups excluding carboxylic acids is 1. The summed E-state index contributed by atoms with van der Waals surface area (Å²) in [6.45, 7) is 0.971. The number of amides is 1. The number of nitrogens with two attached hydrogens (primary N) is 1. The summed E-state index contributed by atoms with van der Waals surface area (Å²) in [7, 11) is 3.01. The van der Waals surface area contributed by atoms with Gasteiger partial charge < -0.3 is 30.7 Å². The standard InChI is InChI=1S/C18H16Cl3NO3.C9H13NO2/c1-25-15-10-11(2-7-14(15)23)8-9-22-18(24)16(17(20)21)12-3-5-13(19)6-4-12;1-12-9-6-7(4-5-10)2-3-8(9)11/h2-7,10,23H,8-9H2,1H3,(H,22,24);2-3,6,11H,4-5,10H2,1H3. The Morgan fingerprint density at radius 3 is 1.84 bits per heavy atom. The zero-order chi connectivity index (χ0) is 27.4. The summed E-state index contributed by atoms with van der Waals surface area (Å²) in [5, 5.41) is 22.2. The van der Waals surface area contributed by atoms with Crippen LogP contribution in [0, 0.1) is 0 Å². The quantitative estimate of drug-likeness (QED) is 0.255. The predicted molar refractivity (Wildman–Crippen MR) is 149 cm³/mol. The lowest BCUT2D eigenvalue weighted by Crippen LogP contribution is -2.26. The molecule has 0 heterocycles. The Balaban J connectivity index is 0.000000335. The topological polar surface area (TPSA) is 114 Å². The number of carbonyl (C=O) groups is 1. The highest BCUT2D eigenvalue weighted by atomic mass is 35.5.